The largest absolute Gasteiger partial charge is 0.480 e. The third-order valence-corrected chi connectivity index (χ3v) is 3.54. The van der Waals surface area contributed by atoms with Gasteiger partial charge in [-0.15, -0.1) is 0 Å². The monoisotopic (exact) mass is 282 g/mol. The second kappa shape index (κ2) is 5.97. The molecular weight excluding hydrogens is 264 g/mol. The van der Waals surface area contributed by atoms with Crippen molar-refractivity contribution in [2.75, 3.05) is 12.4 Å². The van der Waals surface area contributed by atoms with Gasteiger partial charge in [0, 0.05) is 18.7 Å². The summed E-state index contributed by atoms with van der Waals surface area (Å²) in [5, 5.41) is 6.00. The summed E-state index contributed by atoms with van der Waals surface area (Å²) in [4.78, 5) is 12.2. The van der Waals surface area contributed by atoms with Crippen LogP contribution in [0.2, 0.25) is 0 Å². The average Bonchev–Trinajstić information content (AvgIpc) is 2.94. The number of carbonyl (C=O) groups excluding carboxylic acids is 1. The predicted molar refractivity (Wildman–Crippen MR) is 82.4 cm³/mol. The lowest BCUT2D eigenvalue weighted by atomic mass is 10.1. The van der Waals surface area contributed by atoms with E-state index in [0.717, 1.165) is 23.5 Å². The molecule has 4 nitrogen and oxygen atoms in total. The van der Waals surface area contributed by atoms with Gasteiger partial charge in [0.05, 0.1) is 0 Å². The summed E-state index contributed by atoms with van der Waals surface area (Å²) in [6.07, 6.45) is 0.180. The van der Waals surface area contributed by atoms with Crippen LogP contribution in [0.15, 0.2) is 48.5 Å². The van der Waals surface area contributed by atoms with Gasteiger partial charge in [0.2, 0.25) is 0 Å². The molecule has 1 atom stereocenters. The maximum atomic E-state index is 12.2. The van der Waals surface area contributed by atoms with E-state index in [0.29, 0.717) is 6.42 Å². The Kier molecular flexibility index (Phi) is 3.88. The Labute approximate surface area is 124 Å². The van der Waals surface area contributed by atoms with E-state index in [-0.39, 0.29) is 5.91 Å². The van der Waals surface area contributed by atoms with E-state index in [9.17, 15) is 4.79 Å². The van der Waals surface area contributed by atoms with Gasteiger partial charge in [-0.05, 0) is 36.4 Å². The number of carbonyl (C=O) groups is 1. The normalized spacial score (nSPS) is 16.1. The third-order valence-electron chi connectivity index (χ3n) is 3.54. The first-order chi connectivity index (χ1) is 10.3. The molecule has 2 aromatic rings. The Balaban J connectivity index is 1.62. The van der Waals surface area contributed by atoms with E-state index in [2.05, 4.69) is 10.6 Å². The highest BCUT2D eigenvalue weighted by Crippen LogP contribution is 2.28. The van der Waals surface area contributed by atoms with Crippen molar-refractivity contribution in [3.05, 3.63) is 59.7 Å². The zero-order valence-corrected chi connectivity index (χ0v) is 11.9. The molecule has 1 heterocycles. The summed E-state index contributed by atoms with van der Waals surface area (Å²) < 4.78 is 5.68. The minimum absolute atomic E-state index is 0.104. The van der Waals surface area contributed by atoms with Crippen LogP contribution in [0.5, 0.6) is 5.75 Å². The Morgan fingerprint density at radius 2 is 1.95 bits per heavy atom. The number of rotatable bonds is 4. The SMILES string of the molecule is CNCc1ccc(NC(=O)C2Cc3ccccc3O2)cc1. The summed E-state index contributed by atoms with van der Waals surface area (Å²) in [5.41, 5.74) is 3.06. The highest BCUT2D eigenvalue weighted by Gasteiger charge is 2.28. The lowest BCUT2D eigenvalue weighted by molar-refractivity contribution is -0.122. The first-order valence-electron chi connectivity index (χ1n) is 7.05. The number of nitrogens with one attached hydrogen (secondary N) is 2. The molecule has 2 N–H and O–H groups in total. The fourth-order valence-electron chi connectivity index (χ4n) is 2.46. The zero-order chi connectivity index (χ0) is 14.7. The van der Waals surface area contributed by atoms with E-state index < -0.39 is 6.10 Å². The van der Waals surface area contributed by atoms with Gasteiger partial charge in [-0.25, -0.2) is 0 Å². The third kappa shape index (κ3) is 3.06. The Bertz CT molecular complexity index is 612. The van der Waals surface area contributed by atoms with Crippen LogP contribution >= 0.6 is 0 Å². The first kappa shape index (κ1) is 13.6. The topological polar surface area (TPSA) is 50.4 Å². The van der Waals surface area contributed by atoms with E-state index >= 15 is 0 Å². The molecule has 0 saturated carbocycles. The van der Waals surface area contributed by atoms with Crippen molar-refractivity contribution in [2.24, 2.45) is 0 Å². The maximum absolute atomic E-state index is 12.2. The van der Waals surface area contributed by atoms with Crippen LogP contribution in [0.1, 0.15) is 11.1 Å². The van der Waals surface area contributed by atoms with Gasteiger partial charge in [-0.3, -0.25) is 4.79 Å². The van der Waals surface area contributed by atoms with Crippen molar-refractivity contribution in [1.29, 1.82) is 0 Å². The van der Waals surface area contributed by atoms with E-state index in [1.165, 1.54) is 5.56 Å². The van der Waals surface area contributed by atoms with E-state index in [4.69, 9.17) is 4.74 Å². The first-order valence-corrected chi connectivity index (χ1v) is 7.05. The number of hydrogen-bond acceptors (Lipinski definition) is 3. The van der Waals surface area contributed by atoms with Crippen molar-refractivity contribution < 1.29 is 9.53 Å². The van der Waals surface area contributed by atoms with Crippen molar-refractivity contribution in [3.8, 4) is 5.75 Å². The van der Waals surface area contributed by atoms with Gasteiger partial charge >= 0.3 is 0 Å². The summed E-state index contributed by atoms with van der Waals surface area (Å²) in [7, 11) is 1.91. The number of benzene rings is 2. The molecule has 1 aliphatic heterocycles. The quantitative estimate of drug-likeness (QED) is 0.905. The van der Waals surface area contributed by atoms with Crippen LogP contribution in [0.3, 0.4) is 0 Å². The molecule has 0 spiro atoms. The molecule has 1 aliphatic rings. The fraction of sp³-hybridized carbons (Fsp3) is 0.235. The molecule has 1 amide bonds. The smallest absolute Gasteiger partial charge is 0.265 e. The van der Waals surface area contributed by atoms with Crippen LogP contribution in [0.4, 0.5) is 5.69 Å². The maximum Gasteiger partial charge on any atom is 0.265 e. The average molecular weight is 282 g/mol. The molecule has 0 fully saturated rings. The van der Waals surface area contributed by atoms with Crippen LogP contribution in [-0.2, 0) is 17.8 Å². The van der Waals surface area contributed by atoms with E-state index in [1.54, 1.807) is 0 Å². The molecule has 0 aliphatic carbocycles. The molecule has 4 heteroatoms. The number of ether oxygens (including phenoxy) is 1. The Hall–Kier alpha value is -2.33. The molecule has 2 aromatic carbocycles. The second-order valence-electron chi connectivity index (χ2n) is 5.13. The molecule has 1 unspecified atom stereocenters. The molecule has 108 valence electrons. The summed E-state index contributed by atoms with van der Waals surface area (Å²) >= 11 is 0. The van der Waals surface area contributed by atoms with Crippen molar-refractivity contribution in [3.63, 3.8) is 0 Å². The predicted octanol–water partition coefficient (Wildman–Crippen LogP) is 2.35. The Morgan fingerprint density at radius 1 is 1.19 bits per heavy atom. The van der Waals surface area contributed by atoms with Gasteiger partial charge in [0.1, 0.15) is 5.75 Å². The van der Waals surface area contributed by atoms with Crippen LogP contribution < -0.4 is 15.4 Å². The molecule has 0 aromatic heterocycles. The van der Waals surface area contributed by atoms with Gasteiger partial charge in [-0.1, -0.05) is 30.3 Å². The van der Waals surface area contributed by atoms with Gasteiger partial charge in [0.25, 0.3) is 5.91 Å². The van der Waals surface area contributed by atoms with Crippen LogP contribution in [-0.4, -0.2) is 19.1 Å². The van der Waals surface area contributed by atoms with Crippen molar-refractivity contribution in [2.45, 2.75) is 19.1 Å². The van der Waals surface area contributed by atoms with Gasteiger partial charge in [-0.2, -0.15) is 0 Å². The summed E-state index contributed by atoms with van der Waals surface area (Å²) in [6.45, 7) is 0.815. The highest BCUT2D eigenvalue weighted by molar-refractivity contribution is 5.95. The molecular formula is C17H18N2O2. The molecule has 3 rings (SSSR count). The number of fused-ring (bicyclic) bond motifs is 1. The lowest BCUT2D eigenvalue weighted by Crippen LogP contribution is -2.31. The lowest BCUT2D eigenvalue weighted by Gasteiger charge is -2.11. The minimum atomic E-state index is -0.445. The number of para-hydroxylation sites is 1. The summed E-state index contributed by atoms with van der Waals surface area (Å²) in [6, 6.07) is 15.6. The second-order valence-corrected chi connectivity index (χ2v) is 5.13. The molecule has 0 bridgehead atoms. The summed E-state index contributed by atoms with van der Waals surface area (Å²) in [5.74, 6) is 0.703. The van der Waals surface area contributed by atoms with Gasteiger partial charge < -0.3 is 15.4 Å². The fourth-order valence-corrected chi connectivity index (χ4v) is 2.46. The highest BCUT2D eigenvalue weighted by atomic mass is 16.5. The number of anilines is 1. The Morgan fingerprint density at radius 3 is 2.67 bits per heavy atom. The van der Waals surface area contributed by atoms with Crippen molar-refractivity contribution in [1.82, 2.24) is 5.32 Å². The standard InChI is InChI=1S/C17H18N2O2/c1-18-11-12-6-8-14(9-7-12)19-17(20)16-10-13-4-2-3-5-15(13)21-16/h2-9,16,18H,10-11H2,1H3,(H,19,20). The molecule has 21 heavy (non-hydrogen) atoms. The number of hydrogen-bond donors (Lipinski definition) is 2. The van der Waals surface area contributed by atoms with Crippen molar-refractivity contribution >= 4 is 11.6 Å². The molecule has 0 radical (unpaired) electrons. The van der Waals surface area contributed by atoms with Crippen LogP contribution in [0.25, 0.3) is 0 Å². The number of amides is 1. The van der Waals surface area contributed by atoms with Gasteiger partial charge in [0.15, 0.2) is 6.10 Å². The van der Waals surface area contributed by atoms with E-state index in [1.807, 2.05) is 55.6 Å². The molecule has 0 saturated heterocycles. The zero-order valence-electron chi connectivity index (χ0n) is 11.9. The minimum Gasteiger partial charge on any atom is -0.480 e. The van der Waals surface area contributed by atoms with Crippen LogP contribution in [0, 0.1) is 0 Å².